The van der Waals surface area contributed by atoms with Crippen LogP contribution in [0, 0.1) is 0 Å². The minimum absolute atomic E-state index is 0.602. The predicted octanol–water partition coefficient (Wildman–Crippen LogP) is 11.9. The molecule has 8 aromatic carbocycles. The van der Waals surface area contributed by atoms with Gasteiger partial charge in [-0.1, -0.05) is 146 Å². The second-order valence-corrected chi connectivity index (χ2v) is 12.4. The summed E-state index contributed by atoms with van der Waals surface area (Å²) in [7, 11) is 0. The number of hydrogen-bond donors (Lipinski definition) is 0. The molecule has 4 heteroatoms. The van der Waals surface area contributed by atoms with Crippen molar-refractivity contribution < 1.29 is 4.42 Å². The van der Waals surface area contributed by atoms with Crippen LogP contribution in [0.25, 0.3) is 99.5 Å². The number of furan rings is 1. The van der Waals surface area contributed by atoms with Crippen molar-refractivity contribution in [1.29, 1.82) is 0 Å². The van der Waals surface area contributed by atoms with Crippen LogP contribution in [0.1, 0.15) is 0 Å². The largest absolute Gasteiger partial charge is 0.455 e. The zero-order valence-corrected chi connectivity index (χ0v) is 26.3. The topological polar surface area (TPSA) is 51.8 Å². The van der Waals surface area contributed by atoms with Gasteiger partial charge in [-0.2, -0.15) is 0 Å². The Morgan fingerprint density at radius 1 is 0.327 bits per heavy atom. The zero-order valence-electron chi connectivity index (χ0n) is 26.3. The summed E-state index contributed by atoms with van der Waals surface area (Å²) in [4.78, 5) is 15.1. The molecule has 0 aliphatic carbocycles. The number of fused-ring (bicyclic) bond motifs is 8. The van der Waals surface area contributed by atoms with Gasteiger partial charge < -0.3 is 4.42 Å². The van der Waals surface area contributed by atoms with Gasteiger partial charge in [0.1, 0.15) is 11.2 Å². The third kappa shape index (κ3) is 4.42. The average molecular weight is 626 g/mol. The summed E-state index contributed by atoms with van der Waals surface area (Å²) in [5.41, 5.74) is 6.56. The van der Waals surface area contributed by atoms with Crippen molar-refractivity contribution >= 4 is 54.3 Å². The van der Waals surface area contributed by atoms with E-state index < -0.39 is 0 Å². The Kier molecular flexibility index (Phi) is 6.15. The van der Waals surface area contributed by atoms with E-state index in [4.69, 9.17) is 19.4 Å². The fourth-order valence-electron chi connectivity index (χ4n) is 7.26. The number of aromatic nitrogens is 3. The quantitative estimate of drug-likeness (QED) is 0.183. The van der Waals surface area contributed by atoms with Gasteiger partial charge in [-0.25, -0.2) is 15.0 Å². The molecule has 0 spiro atoms. The van der Waals surface area contributed by atoms with Crippen LogP contribution < -0.4 is 0 Å². The molecular weight excluding hydrogens is 599 g/mol. The van der Waals surface area contributed by atoms with Crippen LogP contribution in [-0.2, 0) is 0 Å². The summed E-state index contributed by atoms with van der Waals surface area (Å²) in [5.74, 6) is 1.86. The van der Waals surface area contributed by atoms with E-state index in [1.165, 1.54) is 32.3 Å². The Bertz CT molecular complexity index is 2820. The molecule has 0 aliphatic rings. The number of hydrogen-bond acceptors (Lipinski definition) is 4. The molecule has 0 amide bonds. The summed E-state index contributed by atoms with van der Waals surface area (Å²) in [6, 6.07) is 56.8. The van der Waals surface area contributed by atoms with E-state index in [-0.39, 0.29) is 0 Å². The molecule has 0 N–H and O–H groups in total. The molecule has 49 heavy (non-hydrogen) atoms. The van der Waals surface area contributed by atoms with Crippen molar-refractivity contribution in [2.45, 2.75) is 0 Å². The van der Waals surface area contributed by atoms with Crippen LogP contribution in [-0.4, -0.2) is 15.0 Å². The highest BCUT2D eigenvalue weighted by Gasteiger charge is 2.22. The molecule has 0 fully saturated rings. The zero-order chi connectivity index (χ0) is 32.3. The van der Waals surface area contributed by atoms with Crippen molar-refractivity contribution in [3.63, 3.8) is 0 Å². The lowest BCUT2D eigenvalue weighted by atomic mass is 9.90. The molecule has 228 valence electrons. The molecule has 0 unspecified atom stereocenters. The van der Waals surface area contributed by atoms with Crippen LogP contribution in [0.3, 0.4) is 0 Å². The summed E-state index contributed by atoms with van der Waals surface area (Å²) in [6.07, 6.45) is 0. The van der Waals surface area contributed by atoms with Crippen LogP contribution in [0.5, 0.6) is 0 Å². The van der Waals surface area contributed by atoms with Crippen LogP contribution in [0.15, 0.2) is 168 Å². The number of rotatable bonds is 4. The van der Waals surface area contributed by atoms with Crippen LogP contribution in [0.2, 0.25) is 0 Å². The van der Waals surface area contributed by atoms with Crippen molar-refractivity contribution in [2.75, 3.05) is 0 Å². The minimum atomic E-state index is 0.602. The highest BCUT2D eigenvalue weighted by Crippen LogP contribution is 2.44. The van der Waals surface area contributed by atoms with E-state index in [0.29, 0.717) is 17.5 Å². The van der Waals surface area contributed by atoms with Crippen molar-refractivity contribution in [2.24, 2.45) is 0 Å². The maximum atomic E-state index is 6.79. The van der Waals surface area contributed by atoms with E-state index in [2.05, 4.69) is 91.0 Å². The molecule has 0 saturated carbocycles. The van der Waals surface area contributed by atoms with E-state index in [0.717, 1.165) is 49.8 Å². The number of benzene rings is 8. The van der Waals surface area contributed by atoms with E-state index >= 15 is 0 Å². The second kappa shape index (κ2) is 11.0. The fraction of sp³-hybridized carbons (Fsp3) is 0. The Morgan fingerprint density at radius 3 is 1.69 bits per heavy atom. The lowest BCUT2D eigenvalue weighted by Gasteiger charge is -2.14. The van der Waals surface area contributed by atoms with Crippen molar-refractivity contribution in [3.05, 3.63) is 164 Å². The first-order valence-electron chi connectivity index (χ1n) is 16.5. The molecule has 0 saturated heterocycles. The fourth-order valence-corrected chi connectivity index (χ4v) is 7.26. The SMILES string of the molecule is c1ccc(-c2nc(-c3ccccc3)nc(-c3ccc(-c4cccc5ccc6c7ccccc7ccc6c45)c4oc5ccccc5c34)n2)cc1. The molecule has 0 bridgehead atoms. The van der Waals surface area contributed by atoms with Gasteiger partial charge in [0.05, 0.1) is 0 Å². The summed E-state index contributed by atoms with van der Waals surface area (Å²) >= 11 is 0. The second-order valence-electron chi connectivity index (χ2n) is 12.4. The third-order valence-corrected chi connectivity index (χ3v) is 9.52. The molecule has 0 radical (unpaired) electrons. The standard InChI is InChI=1S/C45H27N3O/c1-3-13-30(14-4-1)43-46-44(31-15-5-2-6-16-31)48-45(47-43)38-27-26-36(42-41(38)37-19-9-10-21-39(37)49-42)34-20-11-17-29-23-24-33-32-18-8-7-12-28(32)22-25-35(33)40(29)34/h1-27H. The molecule has 10 aromatic rings. The Morgan fingerprint density at radius 2 is 0.918 bits per heavy atom. The van der Waals surface area contributed by atoms with E-state index in [9.17, 15) is 0 Å². The molecule has 0 atom stereocenters. The van der Waals surface area contributed by atoms with Crippen molar-refractivity contribution in [3.8, 4) is 45.3 Å². The van der Waals surface area contributed by atoms with Gasteiger partial charge in [0.2, 0.25) is 0 Å². The number of para-hydroxylation sites is 1. The highest BCUT2D eigenvalue weighted by molar-refractivity contribution is 6.23. The van der Waals surface area contributed by atoms with E-state index in [1.807, 2.05) is 72.8 Å². The maximum Gasteiger partial charge on any atom is 0.164 e. The molecule has 4 nitrogen and oxygen atoms in total. The Hall–Kier alpha value is -6.65. The third-order valence-electron chi connectivity index (χ3n) is 9.52. The van der Waals surface area contributed by atoms with Gasteiger partial charge in [-0.05, 0) is 56.1 Å². The van der Waals surface area contributed by atoms with Gasteiger partial charge in [0.25, 0.3) is 0 Å². The molecule has 2 aromatic heterocycles. The minimum Gasteiger partial charge on any atom is -0.455 e. The lowest BCUT2D eigenvalue weighted by Crippen LogP contribution is -2.00. The van der Waals surface area contributed by atoms with Gasteiger partial charge in [0, 0.05) is 33.0 Å². The normalized spacial score (nSPS) is 11.7. The van der Waals surface area contributed by atoms with Gasteiger partial charge in [-0.15, -0.1) is 0 Å². The first-order valence-corrected chi connectivity index (χ1v) is 16.5. The van der Waals surface area contributed by atoms with Gasteiger partial charge in [-0.3, -0.25) is 0 Å². The smallest absolute Gasteiger partial charge is 0.164 e. The summed E-state index contributed by atoms with van der Waals surface area (Å²) < 4.78 is 6.79. The Labute approximate surface area is 282 Å². The molecule has 0 aliphatic heterocycles. The highest BCUT2D eigenvalue weighted by atomic mass is 16.3. The van der Waals surface area contributed by atoms with Crippen LogP contribution >= 0.6 is 0 Å². The average Bonchev–Trinajstić information content (AvgIpc) is 3.57. The van der Waals surface area contributed by atoms with Gasteiger partial charge >= 0.3 is 0 Å². The number of nitrogens with zero attached hydrogens (tertiary/aromatic N) is 3. The van der Waals surface area contributed by atoms with Crippen LogP contribution in [0.4, 0.5) is 0 Å². The lowest BCUT2D eigenvalue weighted by molar-refractivity contribution is 0.670. The monoisotopic (exact) mass is 625 g/mol. The summed E-state index contributed by atoms with van der Waals surface area (Å²) in [5, 5.41) is 9.34. The molecule has 2 heterocycles. The van der Waals surface area contributed by atoms with E-state index in [1.54, 1.807) is 0 Å². The Balaban J connectivity index is 1.27. The van der Waals surface area contributed by atoms with Gasteiger partial charge in [0.15, 0.2) is 17.5 Å². The predicted molar refractivity (Wildman–Crippen MR) is 201 cm³/mol. The summed E-state index contributed by atoms with van der Waals surface area (Å²) in [6.45, 7) is 0. The first kappa shape index (κ1) is 27.5. The first-order chi connectivity index (χ1) is 24.3. The molecule has 10 rings (SSSR count). The maximum absolute atomic E-state index is 6.79. The van der Waals surface area contributed by atoms with Crippen molar-refractivity contribution in [1.82, 2.24) is 15.0 Å². The molecular formula is C45H27N3O.